The molecule has 0 fully saturated rings. The molecule has 75 valence electrons. The minimum absolute atomic E-state index is 0.414. The smallest absolute Gasteiger partial charge is 0.145 e. The summed E-state index contributed by atoms with van der Waals surface area (Å²) in [7, 11) is 1.64. The molecule has 0 spiro atoms. The number of benzene rings is 1. The summed E-state index contributed by atoms with van der Waals surface area (Å²) in [6.07, 6.45) is 3.47. The van der Waals surface area contributed by atoms with E-state index in [-0.39, 0.29) is 0 Å². The van der Waals surface area contributed by atoms with Gasteiger partial charge in [0.15, 0.2) is 0 Å². The van der Waals surface area contributed by atoms with E-state index in [2.05, 4.69) is 11.4 Å². The largest absolute Gasteiger partial charge is 0.496 e. The van der Waals surface area contributed by atoms with Crippen molar-refractivity contribution in [2.75, 3.05) is 7.11 Å². The highest BCUT2D eigenvalue weighted by molar-refractivity contribution is 5.55. The van der Waals surface area contributed by atoms with Crippen LogP contribution >= 0.6 is 0 Å². The van der Waals surface area contributed by atoms with Crippen LogP contribution in [0.4, 0.5) is 0 Å². The Labute approximate surface area is 84.3 Å². The summed E-state index contributed by atoms with van der Waals surface area (Å²) < 4.78 is 5.16. The van der Waals surface area contributed by atoms with Crippen LogP contribution in [0.1, 0.15) is 18.9 Å². The van der Waals surface area contributed by atoms with E-state index in [0.29, 0.717) is 6.61 Å². The number of rotatable bonds is 5. The van der Waals surface area contributed by atoms with Gasteiger partial charge in [0, 0.05) is 5.56 Å². The van der Waals surface area contributed by atoms with Gasteiger partial charge in [-0.15, -0.1) is 0 Å². The summed E-state index contributed by atoms with van der Waals surface area (Å²) >= 11 is 0. The Hall–Kier alpha value is -1.51. The number of ether oxygens (including phenoxy) is 1. The van der Waals surface area contributed by atoms with Gasteiger partial charge in [-0.1, -0.05) is 30.3 Å². The summed E-state index contributed by atoms with van der Waals surface area (Å²) in [6, 6.07) is 7.70. The SMILES string of the molecule is CC/[C]=N\OCc1ccccc1OC. The highest BCUT2D eigenvalue weighted by Gasteiger charge is 2.00. The van der Waals surface area contributed by atoms with E-state index in [1.165, 1.54) is 0 Å². The second-order valence-electron chi connectivity index (χ2n) is 2.69. The van der Waals surface area contributed by atoms with Gasteiger partial charge in [0.2, 0.25) is 0 Å². The first-order valence-electron chi connectivity index (χ1n) is 4.55. The fraction of sp³-hybridized carbons (Fsp3) is 0.364. The average Bonchev–Trinajstić information content (AvgIpc) is 2.25. The molecule has 1 aromatic carbocycles. The van der Waals surface area contributed by atoms with Crippen molar-refractivity contribution in [3.63, 3.8) is 0 Å². The Morgan fingerprint density at radius 1 is 1.36 bits per heavy atom. The van der Waals surface area contributed by atoms with Crippen LogP contribution in [0.15, 0.2) is 29.4 Å². The zero-order valence-electron chi connectivity index (χ0n) is 8.49. The van der Waals surface area contributed by atoms with E-state index < -0.39 is 0 Å². The van der Waals surface area contributed by atoms with Gasteiger partial charge in [-0.3, -0.25) is 0 Å². The first-order valence-corrected chi connectivity index (χ1v) is 4.55. The second-order valence-corrected chi connectivity index (χ2v) is 2.69. The van der Waals surface area contributed by atoms with Crippen LogP contribution in [0.5, 0.6) is 5.75 Å². The highest BCUT2D eigenvalue weighted by Crippen LogP contribution is 2.17. The molecule has 0 bridgehead atoms. The first-order chi connectivity index (χ1) is 6.88. The molecule has 0 unspecified atom stereocenters. The molecule has 1 rings (SSSR count). The molecule has 14 heavy (non-hydrogen) atoms. The summed E-state index contributed by atoms with van der Waals surface area (Å²) in [5.74, 6) is 0.819. The third-order valence-corrected chi connectivity index (χ3v) is 1.70. The molecule has 0 N–H and O–H groups in total. The molecule has 0 aliphatic heterocycles. The van der Waals surface area contributed by atoms with Crippen LogP contribution in [-0.4, -0.2) is 13.3 Å². The Morgan fingerprint density at radius 2 is 2.14 bits per heavy atom. The number of methoxy groups -OCH3 is 1. The molecular formula is C11H14NO2. The molecule has 0 saturated carbocycles. The lowest BCUT2D eigenvalue weighted by Gasteiger charge is -2.05. The lowest BCUT2D eigenvalue weighted by atomic mass is 10.2. The van der Waals surface area contributed by atoms with Crippen molar-refractivity contribution in [3.8, 4) is 5.75 Å². The van der Waals surface area contributed by atoms with Crippen molar-refractivity contribution in [1.82, 2.24) is 0 Å². The van der Waals surface area contributed by atoms with Crippen molar-refractivity contribution in [3.05, 3.63) is 29.8 Å². The molecule has 0 aliphatic carbocycles. The molecule has 0 aromatic heterocycles. The maximum absolute atomic E-state index is 5.16. The van der Waals surface area contributed by atoms with E-state index >= 15 is 0 Å². The van der Waals surface area contributed by atoms with E-state index in [9.17, 15) is 0 Å². The fourth-order valence-corrected chi connectivity index (χ4v) is 1.03. The molecule has 0 saturated heterocycles. The third-order valence-electron chi connectivity index (χ3n) is 1.70. The second kappa shape index (κ2) is 6.02. The average molecular weight is 192 g/mol. The van der Waals surface area contributed by atoms with Crippen LogP contribution < -0.4 is 4.74 Å². The van der Waals surface area contributed by atoms with Gasteiger partial charge in [-0.2, -0.15) is 0 Å². The normalized spacial score (nSPS) is 10.4. The van der Waals surface area contributed by atoms with Gasteiger partial charge >= 0.3 is 0 Å². The standard InChI is InChI=1S/C11H14NO2/c1-3-8-12-14-9-10-6-4-5-7-11(10)13-2/h4-7H,3,9H2,1-2H3. The van der Waals surface area contributed by atoms with Gasteiger partial charge in [0.05, 0.1) is 7.11 Å². The van der Waals surface area contributed by atoms with Gasteiger partial charge < -0.3 is 9.57 Å². The zero-order valence-corrected chi connectivity index (χ0v) is 8.49. The lowest BCUT2D eigenvalue weighted by molar-refractivity contribution is 0.129. The number of hydrogen-bond donors (Lipinski definition) is 0. The summed E-state index contributed by atoms with van der Waals surface area (Å²) in [5.41, 5.74) is 0.983. The molecule has 0 aliphatic rings. The maximum atomic E-state index is 5.16. The molecule has 3 heteroatoms. The van der Waals surface area contributed by atoms with Crippen LogP contribution in [0.2, 0.25) is 0 Å². The predicted octanol–water partition coefficient (Wildman–Crippen LogP) is 2.48. The van der Waals surface area contributed by atoms with Gasteiger partial charge in [0.1, 0.15) is 18.6 Å². The lowest BCUT2D eigenvalue weighted by Crippen LogP contribution is -1.92. The maximum Gasteiger partial charge on any atom is 0.145 e. The topological polar surface area (TPSA) is 30.8 Å². The number of para-hydroxylation sites is 1. The van der Waals surface area contributed by atoms with Crippen molar-refractivity contribution >= 4 is 6.21 Å². The van der Waals surface area contributed by atoms with E-state index in [0.717, 1.165) is 17.7 Å². The van der Waals surface area contributed by atoms with E-state index in [1.54, 1.807) is 7.11 Å². The first kappa shape index (κ1) is 10.6. The number of nitrogens with zero attached hydrogens (tertiary/aromatic N) is 1. The third kappa shape index (κ3) is 3.09. The Balaban J connectivity index is 2.53. The predicted molar refractivity (Wildman–Crippen MR) is 55.5 cm³/mol. The van der Waals surface area contributed by atoms with Crippen molar-refractivity contribution in [2.24, 2.45) is 5.16 Å². The minimum atomic E-state index is 0.414. The quantitative estimate of drug-likeness (QED) is 0.530. The summed E-state index contributed by atoms with van der Waals surface area (Å²) in [6.45, 7) is 2.37. The van der Waals surface area contributed by atoms with Crippen molar-refractivity contribution in [2.45, 2.75) is 20.0 Å². The molecule has 1 aromatic rings. The van der Waals surface area contributed by atoms with Crippen molar-refractivity contribution in [1.29, 1.82) is 0 Å². The molecular weight excluding hydrogens is 178 g/mol. The summed E-state index contributed by atoms with van der Waals surface area (Å²) in [5, 5.41) is 3.65. The zero-order chi connectivity index (χ0) is 10.2. The Morgan fingerprint density at radius 3 is 2.86 bits per heavy atom. The molecule has 1 radical (unpaired) electrons. The van der Waals surface area contributed by atoms with E-state index in [4.69, 9.17) is 9.57 Å². The highest BCUT2D eigenvalue weighted by atomic mass is 16.6. The van der Waals surface area contributed by atoms with Crippen LogP contribution in [0.25, 0.3) is 0 Å². The molecule has 0 heterocycles. The number of hydrogen-bond acceptors (Lipinski definition) is 3. The van der Waals surface area contributed by atoms with Crippen LogP contribution in [0, 0.1) is 0 Å². The molecule has 3 nitrogen and oxygen atoms in total. The minimum Gasteiger partial charge on any atom is -0.496 e. The van der Waals surface area contributed by atoms with Crippen LogP contribution in [0.3, 0.4) is 0 Å². The molecule has 0 atom stereocenters. The van der Waals surface area contributed by atoms with Gasteiger partial charge in [0.25, 0.3) is 0 Å². The van der Waals surface area contributed by atoms with E-state index in [1.807, 2.05) is 31.2 Å². The van der Waals surface area contributed by atoms with Crippen LogP contribution in [-0.2, 0) is 11.4 Å². The van der Waals surface area contributed by atoms with Gasteiger partial charge in [-0.05, 0) is 12.5 Å². The monoisotopic (exact) mass is 192 g/mol. The Bertz CT molecular complexity index is 297. The van der Waals surface area contributed by atoms with Gasteiger partial charge in [-0.25, -0.2) is 0 Å². The van der Waals surface area contributed by atoms with Crippen molar-refractivity contribution < 1.29 is 9.57 Å². The Kier molecular flexibility index (Phi) is 4.55. The summed E-state index contributed by atoms with van der Waals surface area (Å²) in [4.78, 5) is 5.04. The fourth-order valence-electron chi connectivity index (χ4n) is 1.03. The molecule has 0 amide bonds.